The van der Waals surface area contributed by atoms with E-state index in [0.717, 1.165) is 32.4 Å². The summed E-state index contributed by atoms with van der Waals surface area (Å²) in [7, 11) is 2.07. The number of carbonyl (C=O) groups excluding carboxylic acids is 2. The number of likely N-dealkylation sites (tertiary alicyclic amines) is 1. The van der Waals surface area contributed by atoms with Crippen LogP contribution in [0.4, 0.5) is 5.69 Å². The van der Waals surface area contributed by atoms with Crippen LogP contribution in [-0.4, -0.2) is 42.9 Å². The van der Waals surface area contributed by atoms with Crippen LogP contribution in [0.5, 0.6) is 0 Å². The minimum atomic E-state index is -0.140. The summed E-state index contributed by atoms with van der Waals surface area (Å²) in [4.78, 5) is 27.1. The third-order valence-electron chi connectivity index (χ3n) is 4.51. The Hall–Kier alpha value is -1.88. The van der Waals surface area contributed by atoms with Gasteiger partial charge < -0.3 is 15.5 Å². The topological polar surface area (TPSA) is 61.4 Å². The van der Waals surface area contributed by atoms with Crippen molar-refractivity contribution in [3.63, 3.8) is 0 Å². The Bertz CT molecular complexity index is 551. The van der Waals surface area contributed by atoms with Crippen LogP contribution in [0.1, 0.15) is 43.5 Å². The molecule has 1 aromatic carbocycles. The number of nitrogens with one attached hydrogen (secondary N) is 2. The predicted molar refractivity (Wildman–Crippen MR) is 92.5 cm³/mol. The number of rotatable bonds is 5. The van der Waals surface area contributed by atoms with Crippen LogP contribution in [0.15, 0.2) is 24.3 Å². The predicted octanol–water partition coefficient (Wildman–Crippen LogP) is 2.50. The van der Waals surface area contributed by atoms with Crippen molar-refractivity contribution in [2.45, 2.75) is 39.2 Å². The molecule has 0 bridgehead atoms. The second kappa shape index (κ2) is 8.11. The zero-order valence-electron chi connectivity index (χ0n) is 14.3. The molecule has 2 amide bonds. The van der Waals surface area contributed by atoms with Gasteiger partial charge in [0.1, 0.15) is 0 Å². The smallest absolute Gasteiger partial charge is 0.253 e. The van der Waals surface area contributed by atoms with Crippen molar-refractivity contribution < 1.29 is 9.59 Å². The van der Waals surface area contributed by atoms with Gasteiger partial charge in [0.2, 0.25) is 5.91 Å². The molecule has 5 nitrogen and oxygen atoms in total. The molecule has 126 valence electrons. The van der Waals surface area contributed by atoms with Crippen LogP contribution in [0, 0.1) is 5.92 Å². The van der Waals surface area contributed by atoms with E-state index in [1.54, 1.807) is 12.1 Å². The van der Waals surface area contributed by atoms with Gasteiger partial charge in [0, 0.05) is 12.0 Å². The summed E-state index contributed by atoms with van der Waals surface area (Å²) in [5, 5.41) is 5.90. The average Bonchev–Trinajstić information content (AvgIpc) is 2.55. The minimum absolute atomic E-state index is 0.0156. The molecule has 5 heteroatoms. The van der Waals surface area contributed by atoms with Crippen LogP contribution in [-0.2, 0) is 4.79 Å². The number of para-hydroxylation sites is 1. The Morgan fingerprint density at radius 1 is 1.26 bits per heavy atom. The third kappa shape index (κ3) is 4.79. The van der Waals surface area contributed by atoms with Gasteiger partial charge in [-0.05, 0) is 58.5 Å². The molecule has 1 fully saturated rings. The Morgan fingerprint density at radius 2 is 1.91 bits per heavy atom. The highest BCUT2D eigenvalue weighted by molar-refractivity contribution is 6.04. The molecule has 0 radical (unpaired) electrons. The van der Waals surface area contributed by atoms with Crippen molar-refractivity contribution in [2.24, 2.45) is 5.92 Å². The summed E-state index contributed by atoms with van der Waals surface area (Å²) in [6.45, 7) is 5.87. The van der Waals surface area contributed by atoms with E-state index < -0.39 is 0 Å². The van der Waals surface area contributed by atoms with Gasteiger partial charge in [-0.25, -0.2) is 0 Å². The van der Waals surface area contributed by atoms with Crippen molar-refractivity contribution in [2.75, 3.05) is 25.5 Å². The number of carbonyl (C=O) groups is 2. The summed E-state index contributed by atoms with van der Waals surface area (Å²) in [5.74, 6) is -0.0996. The monoisotopic (exact) mass is 317 g/mol. The van der Waals surface area contributed by atoms with Crippen molar-refractivity contribution in [3.8, 4) is 0 Å². The quantitative estimate of drug-likeness (QED) is 0.877. The van der Waals surface area contributed by atoms with E-state index in [0.29, 0.717) is 11.3 Å². The maximum atomic E-state index is 12.5. The first kappa shape index (κ1) is 17.5. The Kier molecular flexibility index (Phi) is 6.16. The molecular formula is C18H27N3O2. The average molecular weight is 317 g/mol. The van der Waals surface area contributed by atoms with Crippen molar-refractivity contribution >= 4 is 17.5 Å². The molecule has 0 aromatic heterocycles. The number of benzene rings is 1. The van der Waals surface area contributed by atoms with Crippen LogP contribution in [0.3, 0.4) is 0 Å². The van der Waals surface area contributed by atoms with Crippen LogP contribution in [0.2, 0.25) is 0 Å². The first-order valence-corrected chi connectivity index (χ1v) is 8.40. The first-order chi connectivity index (χ1) is 11.0. The number of nitrogens with zero attached hydrogens (tertiary/aromatic N) is 1. The number of hydrogen-bond donors (Lipinski definition) is 2. The summed E-state index contributed by atoms with van der Waals surface area (Å²) >= 11 is 0. The highest BCUT2D eigenvalue weighted by Gasteiger charge is 2.24. The molecule has 1 atom stereocenters. The molecule has 0 aliphatic carbocycles. The molecule has 0 spiro atoms. The summed E-state index contributed by atoms with van der Waals surface area (Å²) in [5.41, 5.74) is 1.12. The SMILES string of the molecule is CC[C@@H](C)NC(=O)c1ccccc1NC(=O)C1CCN(C)CC1. The van der Waals surface area contributed by atoms with E-state index in [1.165, 1.54) is 0 Å². The highest BCUT2D eigenvalue weighted by Crippen LogP contribution is 2.21. The van der Waals surface area contributed by atoms with Gasteiger partial charge >= 0.3 is 0 Å². The van der Waals surface area contributed by atoms with Gasteiger partial charge in [0.05, 0.1) is 11.3 Å². The lowest BCUT2D eigenvalue weighted by Gasteiger charge is -2.28. The Labute approximate surface area is 138 Å². The van der Waals surface area contributed by atoms with Gasteiger partial charge in [-0.3, -0.25) is 9.59 Å². The maximum Gasteiger partial charge on any atom is 0.253 e. The minimum Gasteiger partial charge on any atom is -0.350 e. The van der Waals surface area contributed by atoms with Gasteiger partial charge in [0.25, 0.3) is 5.91 Å². The lowest BCUT2D eigenvalue weighted by molar-refractivity contribution is -0.121. The molecule has 1 saturated heterocycles. The summed E-state index contributed by atoms with van der Waals surface area (Å²) < 4.78 is 0. The first-order valence-electron chi connectivity index (χ1n) is 8.40. The molecule has 1 aromatic rings. The van der Waals surface area contributed by atoms with Crippen molar-refractivity contribution in [3.05, 3.63) is 29.8 Å². The van der Waals surface area contributed by atoms with E-state index in [9.17, 15) is 9.59 Å². The number of piperidine rings is 1. The third-order valence-corrected chi connectivity index (χ3v) is 4.51. The molecule has 0 saturated carbocycles. The Balaban J connectivity index is 2.05. The van der Waals surface area contributed by atoms with E-state index in [-0.39, 0.29) is 23.8 Å². The van der Waals surface area contributed by atoms with Crippen LogP contribution < -0.4 is 10.6 Å². The van der Waals surface area contributed by atoms with Gasteiger partial charge in [-0.1, -0.05) is 19.1 Å². The number of hydrogen-bond acceptors (Lipinski definition) is 3. The summed E-state index contributed by atoms with van der Waals surface area (Å²) in [6.07, 6.45) is 2.60. The largest absolute Gasteiger partial charge is 0.350 e. The molecule has 2 rings (SSSR count). The molecule has 1 aliphatic rings. The van der Waals surface area contributed by atoms with E-state index in [4.69, 9.17) is 0 Å². The van der Waals surface area contributed by atoms with Crippen LogP contribution >= 0.6 is 0 Å². The fourth-order valence-electron chi connectivity index (χ4n) is 2.70. The lowest BCUT2D eigenvalue weighted by atomic mass is 9.96. The molecule has 2 N–H and O–H groups in total. The summed E-state index contributed by atoms with van der Waals surface area (Å²) in [6, 6.07) is 7.31. The number of amides is 2. The molecule has 1 heterocycles. The van der Waals surface area contributed by atoms with Gasteiger partial charge in [-0.15, -0.1) is 0 Å². The van der Waals surface area contributed by atoms with E-state index in [2.05, 4.69) is 22.6 Å². The molecular weight excluding hydrogens is 290 g/mol. The Morgan fingerprint density at radius 3 is 2.57 bits per heavy atom. The zero-order chi connectivity index (χ0) is 16.8. The standard InChI is InChI=1S/C18H27N3O2/c1-4-13(2)19-18(23)15-7-5-6-8-16(15)20-17(22)14-9-11-21(3)12-10-14/h5-8,13-14H,4,9-12H2,1-3H3,(H,19,23)(H,20,22)/t13-/m1/s1. The fourth-order valence-corrected chi connectivity index (χ4v) is 2.70. The lowest BCUT2D eigenvalue weighted by Crippen LogP contribution is -2.36. The van der Waals surface area contributed by atoms with Crippen molar-refractivity contribution in [1.82, 2.24) is 10.2 Å². The highest BCUT2D eigenvalue weighted by atomic mass is 16.2. The normalized spacial score (nSPS) is 17.5. The van der Waals surface area contributed by atoms with Gasteiger partial charge in [-0.2, -0.15) is 0 Å². The van der Waals surface area contributed by atoms with Crippen molar-refractivity contribution in [1.29, 1.82) is 0 Å². The fraction of sp³-hybridized carbons (Fsp3) is 0.556. The van der Waals surface area contributed by atoms with E-state index >= 15 is 0 Å². The van der Waals surface area contributed by atoms with Crippen LogP contribution in [0.25, 0.3) is 0 Å². The molecule has 0 unspecified atom stereocenters. The molecule has 23 heavy (non-hydrogen) atoms. The number of anilines is 1. The maximum absolute atomic E-state index is 12.5. The van der Waals surface area contributed by atoms with E-state index in [1.807, 2.05) is 26.0 Å². The second-order valence-corrected chi connectivity index (χ2v) is 6.40. The van der Waals surface area contributed by atoms with Gasteiger partial charge in [0.15, 0.2) is 0 Å². The second-order valence-electron chi connectivity index (χ2n) is 6.40. The zero-order valence-corrected chi connectivity index (χ0v) is 14.3. The molecule has 1 aliphatic heterocycles.